The van der Waals surface area contributed by atoms with Crippen molar-refractivity contribution in [2.75, 3.05) is 13.1 Å². The quantitative estimate of drug-likeness (QED) is 0.731. The van der Waals surface area contributed by atoms with Gasteiger partial charge in [0.1, 0.15) is 0 Å². The van der Waals surface area contributed by atoms with Crippen LogP contribution in [0.15, 0.2) is 67.8 Å². The molecule has 0 spiro atoms. The van der Waals surface area contributed by atoms with Gasteiger partial charge in [0.2, 0.25) is 5.91 Å². The van der Waals surface area contributed by atoms with Crippen LogP contribution in [-0.2, 0) is 11.2 Å². The fourth-order valence-electron chi connectivity index (χ4n) is 2.31. The first-order chi connectivity index (χ1) is 9.76. The first kappa shape index (κ1) is 14.1. The van der Waals surface area contributed by atoms with Crippen LogP contribution in [0.3, 0.4) is 0 Å². The monoisotopic (exact) mass is 265 g/mol. The first-order valence-corrected chi connectivity index (χ1v) is 6.72. The van der Waals surface area contributed by atoms with Gasteiger partial charge in [-0.25, -0.2) is 0 Å². The molecule has 0 saturated heterocycles. The highest BCUT2D eigenvalue weighted by atomic mass is 16.2. The molecule has 20 heavy (non-hydrogen) atoms. The normalized spacial score (nSPS) is 10.2. The zero-order chi connectivity index (χ0) is 14.4. The summed E-state index contributed by atoms with van der Waals surface area (Å²) in [5.41, 5.74) is 1.06. The Morgan fingerprint density at radius 1 is 1.00 bits per heavy atom. The van der Waals surface area contributed by atoms with Crippen molar-refractivity contribution in [1.29, 1.82) is 0 Å². The Morgan fingerprint density at radius 2 is 1.65 bits per heavy atom. The highest BCUT2D eigenvalue weighted by Gasteiger charge is 2.12. The molecule has 0 fully saturated rings. The van der Waals surface area contributed by atoms with E-state index < -0.39 is 0 Å². The lowest BCUT2D eigenvalue weighted by Crippen LogP contribution is -2.32. The summed E-state index contributed by atoms with van der Waals surface area (Å²) >= 11 is 0. The van der Waals surface area contributed by atoms with Gasteiger partial charge in [0.25, 0.3) is 0 Å². The minimum absolute atomic E-state index is 0.0983. The molecule has 0 atom stereocenters. The van der Waals surface area contributed by atoms with Gasteiger partial charge in [0.05, 0.1) is 6.42 Å². The molecule has 2 heteroatoms. The fraction of sp³-hybridized carbons (Fsp3) is 0.167. The third-order valence-electron chi connectivity index (χ3n) is 3.27. The highest BCUT2D eigenvalue weighted by Crippen LogP contribution is 2.19. The SMILES string of the molecule is C=CCN(CC=C)C(=O)Cc1cccc2ccccc12. The van der Waals surface area contributed by atoms with Crippen LogP contribution in [0, 0.1) is 0 Å². The van der Waals surface area contributed by atoms with Gasteiger partial charge in [0, 0.05) is 13.1 Å². The third kappa shape index (κ3) is 3.15. The van der Waals surface area contributed by atoms with Crippen molar-refractivity contribution in [2.45, 2.75) is 6.42 Å². The van der Waals surface area contributed by atoms with Crippen LogP contribution in [0.5, 0.6) is 0 Å². The average Bonchev–Trinajstić information content (AvgIpc) is 2.47. The highest BCUT2D eigenvalue weighted by molar-refractivity contribution is 5.90. The van der Waals surface area contributed by atoms with Gasteiger partial charge in [-0.05, 0) is 16.3 Å². The minimum Gasteiger partial charge on any atom is -0.335 e. The van der Waals surface area contributed by atoms with Gasteiger partial charge in [0.15, 0.2) is 0 Å². The van der Waals surface area contributed by atoms with Crippen LogP contribution in [-0.4, -0.2) is 23.9 Å². The second kappa shape index (κ2) is 6.71. The van der Waals surface area contributed by atoms with Crippen molar-refractivity contribution in [3.05, 3.63) is 73.3 Å². The van der Waals surface area contributed by atoms with E-state index >= 15 is 0 Å². The number of benzene rings is 2. The van der Waals surface area contributed by atoms with Gasteiger partial charge in [-0.3, -0.25) is 4.79 Å². The van der Waals surface area contributed by atoms with Gasteiger partial charge >= 0.3 is 0 Å². The zero-order valence-electron chi connectivity index (χ0n) is 11.6. The summed E-state index contributed by atoms with van der Waals surface area (Å²) in [5, 5.41) is 2.30. The second-order valence-corrected chi connectivity index (χ2v) is 4.69. The smallest absolute Gasteiger partial charge is 0.227 e. The Hall–Kier alpha value is -2.35. The number of hydrogen-bond donors (Lipinski definition) is 0. The summed E-state index contributed by atoms with van der Waals surface area (Å²) < 4.78 is 0. The maximum atomic E-state index is 12.4. The van der Waals surface area contributed by atoms with E-state index in [0.29, 0.717) is 19.5 Å². The molecule has 2 aromatic rings. The summed E-state index contributed by atoms with van der Waals surface area (Å²) in [6.45, 7) is 8.49. The molecule has 2 aromatic carbocycles. The van der Waals surface area contributed by atoms with E-state index in [-0.39, 0.29) is 5.91 Å². The molecule has 0 aliphatic carbocycles. The summed E-state index contributed by atoms with van der Waals surface area (Å²) in [7, 11) is 0. The van der Waals surface area contributed by atoms with E-state index in [2.05, 4.69) is 31.4 Å². The van der Waals surface area contributed by atoms with Gasteiger partial charge < -0.3 is 4.90 Å². The van der Waals surface area contributed by atoms with E-state index in [1.807, 2.05) is 24.3 Å². The minimum atomic E-state index is 0.0983. The number of fused-ring (bicyclic) bond motifs is 1. The molecule has 102 valence electrons. The molecule has 0 bridgehead atoms. The predicted octanol–water partition coefficient (Wildman–Crippen LogP) is 3.58. The van der Waals surface area contributed by atoms with E-state index in [1.54, 1.807) is 17.1 Å². The molecule has 1 amide bonds. The van der Waals surface area contributed by atoms with Crippen LogP contribution in [0.25, 0.3) is 10.8 Å². The average molecular weight is 265 g/mol. The number of carbonyl (C=O) groups is 1. The summed E-state index contributed by atoms with van der Waals surface area (Å²) in [5.74, 6) is 0.0983. The second-order valence-electron chi connectivity index (χ2n) is 4.69. The Labute approximate surface area is 120 Å². The zero-order valence-corrected chi connectivity index (χ0v) is 11.6. The summed E-state index contributed by atoms with van der Waals surface area (Å²) in [6, 6.07) is 14.2. The third-order valence-corrected chi connectivity index (χ3v) is 3.27. The van der Waals surface area contributed by atoms with Crippen molar-refractivity contribution >= 4 is 16.7 Å². The van der Waals surface area contributed by atoms with Gasteiger partial charge in [-0.15, -0.1) is 13.2 Å². The molecular weight excluding hydrogens is 246 g/mol. The maximum Gasteiger partial charge on any atom is 0.227 e. The lowest BCUT2D eigenvalue weighted by Gasteiger charge is -2.19. The molecule has 0 unspecified atom stereocenters. The molecule has 0 radical (unpaired) electrons. The van der Waals surface area contributed by atoms with E-state index in [0.717, 1.165) is 16.3 Å². The number of hydrogen-bond acceptors (Lipinski definition) is 1. The van der Waals surface area contributed by atoms with E-state index in [1.165, 1.54) is 0 Å². The van der Waals surface area contributed by atoms with Crippen LogP contribution in [0.1, 0.15) is 5.56 Å². The van der Waals surface area contributed by atoms with Gasteiger partial charge in [-0.1, -0.05) is 54.6 Å². The van der Waals surface area contributed by atoms with Gasteiger partial charge in [-0.2, -0.15) is 0 Å². The molecule has 2 rings (SSSR count). The number of carbonyl (C=O) groups excluding carboxylic acids is 1. The van der Waals surface area contributed by atoms with Crippen LogP contribution < -0.4 is 0 Å². The molecule has 0 aliphatic rings. The lowest BCUT2D eigenvalue weighted by atomic mass is 10.0. The Kier molecular flexibility index (Phi) is 4.72. The van der Waals surface area contributed by atoms with E-state index in [9.17, 15) is 4.79 Å². The molecule has 0 N–H and O–H groups in total. The number of nitrogens with zero attached hydrogens (tertiary/aromatic N) is 1. The van der Waals surface area contributed by atoms with Crippen LogP contribution in [0.2, 0.25) is 0 Å². The predicted molar refractivity (Wildman–Crippen MR) is 84.6 cm³/mol. The largest absolute Gasteiger partial charge is 0.335 e. The maximum absolute atomic E-state index is 12.4. The number of rotatable bonds is 6. The van der Waals surface area contributed by atoms with Crippen molar-refractivity contribution in [3.8, 4) is 0 Å². The Balaban J connectivity index is 2.24. The summed E-state index contributed by atoms with van der Waals surface area (Å²) in [6.07, 6.45) is 3.89. The van der Waals surface area contributed by atoms with Crippen molar-refractivity contribution in [1.82, 2.24) is 4.90 Å². The molecule has 0 aromatic heterocycles. The first-order valence-electron chi connectivity index (χ1n) is 6.72. The molecule has 0 saturated carbocycles. The fourth-order valence-corrected chi connectivity index (χ4v) is 2.31. The topological polar surface area (TPSA) is 20.3 Å². The Morgan fingerprint density at radius 3 is 2.35 bits per heavy atom. The standard InChI is InChI=1S/C18H19NO/c1-3-12-19(13-4-2)18(20)14-16-10-7-9-15-8-5-6-11-17(15)16/h3-11H,1-2,12-14H2. The van der Waals surface area contributed by atoms with Crippen molar-refractivity contribution < 1.29 is 4.79 Å². The molecule has 0 aliphatic heterocycles. The van der Waals surface area contributed by atoms with Crippen LogP contribution in [0.4, 0.5) is 0 Å². The van der Waals surface area contributed by atoms with Crippen molar-refractivity contribution in [2.24, 2.45) is 0 Å². The van der Waals surface area contributed by atoms with E-state index in [4.69, 9.17) is 0 Å². The van der Waals surface area contributed by atoms with Crippen molar-refractivity contribution in [3.63, 3.8) is 0 Å². The lowest BCUT2D eigenvalue weighted by molar-refractivity contribution is -0.129. The molecule has 2 nitrogen and oxygen atoms in total. The van der Waals surface area contributed by atoms with Crippen LogP contribution >= 0.6 is 0 Å². The summed E-state index contributed by atoms with van der Waals surface area (Å²) in [4.78, 5) is 14.1. The molecule has 0 heterocycles. The number of amides is 1. The Bertz CT molecular complexity index is 615. The molecular formula is C18H19NO.